The topological polar surface area (TPSA) is 134 Å². The molecule has 6 aromatic rings. The first-order chi connectivity index (χ1) is 20.3. The molecule has 8 rings (SSSR count). The zero-order valence-electron chi connectivity index (χ0n) is 22.1. The van der Waals surface area contributed by atoms with Crippen LogP contribution in [0.4, 0.5) is 5.69 Å². The molecular formula is C30H23N5O3S4. The molecule has 210 valence electrons. The number of phenols is 1. The Bertz CT molecular complexity index is 2100. The van der Waals surface area contributed by atoms with Crippen LogP contribution in [0, 0.1) is 0 Å². The molecule has 0 fully saturated rings. The van der Waals surface area contributed by atoms with Gasteiger partial charge in [-0.25, -0.2) is 14.8 Å². The van der Waals surface area contributed by atoms with Gasteiger partial charge in [-0.05, 0) is 60.2 Å². The van der Waals surface area contributed by atoms with Gasteiger partial charge in [-0.3, -0.25) is 9.98 Å². The van der Waals surface area contributed by atoms with Gasteiger partial charge in [0.15, 0.2) is 6.04 Å². The summed E-state index contributed by atoms with van der Waals surface area (Å²) in [6, 6.07) is 19.0. The Balaban J connectivity index is 0.000000138. The molecule has 0 amide bonds. The Morgan fingerprint density at radius 3 is 2.00 bits per heavy atom. The third kappa shape index (κ3) is 5.08. The standard InChI is InChI=1S/C15H13N3S2.C15H10N2O3S2/c1-8-7-19-14(17-8)15-18-12-5-2-9-6-10(16)3-4-11(9)13(12)20-15;18-8-2-3-9-7(5-8)1-4-10-12(9)22-14(16-10)13-17-11(6-21-13)15(19)20/h2-6,8H,7,16H2,1H3;1-5,11,18H,6H2,(H,19,20). The number of nitrogens with two attached hydrogens (primary N) is 1. The third-order valence-corrected chi connectivity index (χ3v) is 11.6. The van der Waals surface area contributed by atoms with E-state index in [-0.39, 0.29) is 5.75 Å². The molecule has 0 spiro atoms. The number of aromatic nitrogens is 2. The van der Waals surface area contributed by atoms with Crippen LogP contribution in [0.5, 0.6) is 5.75 Å². The predicted molar refractivity (Wildman–Crippen MR) is 179 cm³/mol. The number of phenolic OH excluding ortho intramolecular Hbond substituents is 1. The minimum atomic E-state index is -0.899. The molecule has 0 aliphatic carbocycles. The van der Waals surface area contributed by atoms with E-state index in [0.29, 0.717) is 16.8 Å². The van der Waals surface area contributed by atoms with Gasteiger partial charge >= 0.3 is 5.97 Å². The highest BCUT2D eigenvalue weighted by Crippen LogP contribution is 2.36. The van der Waals surface area contributed by atoms with Gasteiger partial charge in [0, 0.05) is 28.0 Å². The number of nitrogen functional groups attached to an aromatic ring is 1. The Labute approximate surface area is 256 Å². The number of carboxylic acid groups (broad SMARTS) is 1. The number of aliphatic imine (C=N–C) groups is 2. The van der Waals surface area contributed by atoms with E-state index < -0.39 is 12.0 Å². The van der Waals surface area contributed by atoms with Gasteiger partial charge in [-0.2, -0.15) is 0 Å². The predicted octanol–water partition coefficient (Wildman–Crippen LogP) is 7.02. The zero-order valence-corrected chi connectivity index (χ0v) is 25.4. The molecule has 12 heteroatoms. The lowest BCUT2D eigenvalue weighted by molar-refractivity contribution is -0.137. The summed E-state index contributed by atoms with van der Waals surface area (Å²) in [6.45, 7) is 2.14. The zero-order chi connectivity index (χ0) is 29.0. The van der Waals surface area contributed by atoms with Crippen LogP contribution >= 0.6 is 46.2 Å². The van der Waals surface area contributed by atoms with Crippen molar-refractivity contribution in [1.82, 2.24) is 9.97 Å². The highest BCUT2D eigenvalue weighted by Gasteiger charge is 2.27. The van der Waals surface area contributed by atoms with Crippen LogP contribution in [0.2, 0.25) is 0 Å². The maximum Gasteiger partial charge on any atom is 0.329 e. The fourth-order valence-electron chi connectivity index (χ4n) is 4.83. The van der Waals surface area contributed by atoms with E-state index >= 15 is 0 Å². The summed E-state index contributed by atoms with van der Waals surface area (Å²) < 4.78 is 2.25. The molecule has 4 heterocycles. The molecule has 2 aromatic heterocycles. The highest BCUT2D eigenvalue weighted by atomic mass is 32.2. The SMILES string of the molecule is CC1CSC(c2nc3ccc4cc(N)ccc4c3s2)=N1.O=C(O)C1CSC(c2nc3ccc4cc(O)ccc4c3s2)=N1. The summed E-state index contributed by atoms with van der Waals surface area (Å²) in [6.07, 6.45) is 0. The number of thiazole rings is 2. The maximum absolute atomic E-state index is 11.0. The summed E-state index contributed by atoms with van der Waals surface area (Å²) in [5.41, 5.74) is 8.56. The van der Waals surface area contributed by atoms with Crippen LogP contribution in [0.25, 0.3) is 42.0 Å². The van der Waals surface area contributed by atoms with Crippen LogP contribution in [-0.2, 0) is 4.79 Å². The average molecular weight is 630 g/mol. The lowest BCUT2D eigenvalue weighted by atomic mass is 10.1. The number of rotatable bonds is 3. The van der Waals surface area contributed by atoms with Crippen LogP contribution in [0.1, 0.15) is 16.9 Å². The van der Waals surface area contributed by atoms with Crippen molar-refractivity contribution >= 4 is 110 Å². The van der Waals surface area contributed by atoms with Crippen molar-refractivity contribution < 1.29 is 15.0 Å². The molecule has 0 bridgehead atoms. The van der Waals surface area contributed by atoms with Gasteiger partial charge in [0.05, 0.1) is 26.5 Å². The Hall–Kier alpha value is -3.71. The fourth-order valence-corrected chi connectivity index (χ4v) is 9.21. The largest absolute Gasteiger partial charge is 0.508 e. The van der Waals surface area contributed by atoms with Gasteiger partial charge in [-0.15, -0.1) is 46.2 Å². The second-order valence-corrected chi connectivity index (χ2v) is 14.0. The van der Waals surface area contributed by atoms with Crippen molar-refractivity contribution in [3.63, 3.8) is 0 Å². The summed E-state index contributed by atoms with van der Waals surface area (Å²) in [5, 5.41) is 26.5. The minimum Gasteiger partial charge on any atom is -0.508 e. The molecule has 0 radical (unpaired) electrons. The van der Waals surface area contributed by atoms with Gasteiger partial charge in [0.2, 0.25) is 0 Å². The number of thioether (sulfide) groups is 2. The lowest BCUT2D eigenvalue weighted by Crippen LogP contribution is -2.17. The number of carbonyl (C=O) groups is 1. The summed E-state index contributed by atoms with van der Waals surface area (Å²) in [7, 11) is 0. The molecule has 4 aromatic carbocycles. The first kappa shape index (κ1) is 27.1. The molecule has 2 aliphatic heterocycles. The van der Waals surface area contributed by atoms with Crippen LogP contribution < -0.4 is 5.73 Å². The van der Waals surface area contributed by atoms with E-state index in [1.54, 1.807) is 35.2 Å². The van der Waals surface area contributed by atoms with Crippen LogP contribution in [-0.4, -0.2) is 59.8 Å². The van der Waals surface area contributed by atoms with Crippen molar-refractivity contribution in [2.75, 3.05) is 17.2 Å². The number of hydrogen-bond acceptors (Lipinski definition) is 11. The summed E-state index contributed by atoms with van der Waals surface area (Å²) in [5.74, 6) is 0.846. The molecule has 2 unspecified atom stereocenters. The van der Waals surface area contributed by atoms with Gasteiger partial charge in [0.25, 0.3) is 0 Å². The molecule has 42 heavy (non-hydrogen) atoms. The highest BCUT2D eigenvalue weighted by molar-refractivity contribution is 8.15. The van der Waals surface area contributed by atoms with Crippen LogP contribution in [0.3, 0.4) is 0 Å². The quantitative estimate of drug-likeness (QED) is 0.178. The average Bonchev–Trinajstić information content (AvgIpc) is 3.78. The smallest absolute Gasteiger partial charge is 0.329 e. The Kier molecular flexibility index (Phi) is 7.01. The first-order valence-electron chi connectivity index (χ1n) is 13.1. The molecule has 0 saturated heterocycles. The van der Waals surface area contributed by atoms with Crippen molar-refractivity contribution in [3.05, 3.63) is 70.7 Å². The Morgan fingerprint density at radius 2 is 1.40 bits per heavy atom. The van der Waals surface area contributed by atoms with Crippen molar-refractivity contribution in [1.29, 1.82) is 0 Å². The molecule has 8 nitrogen and oxygen atoms in total. The lowest BCUT2D eigenvalue weighted by Gasteiger charge is -1.99. The van der Waals surface area contributed by atoms with Gasteiger partial charge in [0.1, 0.15) is 25.9 Å². The molecule has 2 aliphatic rings. The van der Waals surface area contributed by atoms with E-state index in [2.05, 4.69) is 40.1 Å². The number of fused-ring (bicyclic) bond motifs is 6. The Morgan fingerprint density at radius 1 is 0.810 bits per heavy atom. The monoisotopic (exact) mass is 629 g/mol. The number of carboxylic acids is 1. The van der Waals surface area contributed by atoms with E-state index in [4.69, 9.17) is 15.8 Å². The minimum absolute atomic E-state index is 0.233. The number of nitrogens with zero attached hydrogens (tertiary/aromatic N) is 4. The number of benzene rings is 4. The van der Waals surface area contributed by atoms with E-state index in [1.165, 1.54) is 38.6 Å². The normalized spacial score (nSPS) is 18.4. The first-order valence-corrected chi connectivity index (χ1v) is 16.7. The molecular weight excluding hydrogens is 607 g/mol. The number of hydrogen-bond donors (Lipinski definition) is 3. The maximum atomic E-state index is 11.0. The van der Waals surface area contributed by atoms with Gasteiger partial charge < -0.3 is 15.9 Å². The number of anilines is 1. The van der Waals surface area contributed by atoms with Crippen LogP contribution in [0.15, 0.2) is 70.6 Å². The summed E-state index contributed by atoms with van der Waals surface area (Å²) >= 11 is 6.47. The second kappa shape index (κ2) is 10.8. The van der Waals surface area contributed by atoms with Crippen molar-refractivity contribution in [3.8, 4) is 5.75 Å². The molecule has 0 saturated carbocycles. The fraction of sp³-hybridized carbons (Fsp3) is 0.167. The molecule has 4 N–H and O–H groups in total. The summed E-state index contributed by atoms with van der Waals surface area (Å²) in [4.78, 5) is 29.2. The van der Waals surface area contributed by atoms with E-state index in [9.17, 15) is 9.90 Å². The number of aromatic hydroxyl groups is 1. The second-order valence-electron chi connectivity index (χ2n) is 9.95. The molecule has 2 atom stereocenters. The van der Waals surface area contributed by atoms with E-state index in [0.717, 1.165) is 53.0 Å². The third-order valence-electron chi connectivity index (χ3n) is 6.85. The van der Waals surface area contributed by atoms with Gasteiger partial charge in [-0.1, -0.05) is 18.2 Å². The van der Waals surface area contributed by atoms with E-state index in [1.807, 2.05) is 30.3 Å². The van der Waals surface area contributed by atoms with Crippen molar-refractivity contribution in [2.45, 2.75) is 19.0 Å². The van der Waals surface area contributed by atoms with Crippen molar-refractivity contribution in [2.24, 2.45) is 9.98 Å². The number of aliphatic carboxylic acids is 1.